The SMILES string of the molecule is Cc1ccc(NC(=O)Cn2c(CNC(=O)c3ccccc3C)nc3ccccc32)cc1C. The van der Waals surface area contributed by atoms with Gasteiger partial charge in [-0.2, -0.15) is 0 Å². The normalized spacial score (nSPS) is 10.8. The minimum Gasteiger partial charge on any atom is -0.345 e. The van der Waals surface area contributed by atoms with Crippen molar-refractivity contribution < 1.29 is 9.59 Å². The first-order valence-corrected chi connectivity index (χ1v) is 10.6. The molecule has 2 N–H and O–H groups in total. The number of aromatic nitrogens is 2. The summed E-state index contributed by atoms with van der Waals surface area (Å²) in [5, 5.41) is 5.90. The molecule has 0 aliphatic heterocycles. The molecular weight excluding hydrogens is 400 g/mol. The fraction of sp³-hybridized carbons (Fsp3) is 0.192. The van der Waals surface area contributed by atoms with Crippen LogP contribution in [-0.2, 0) is 17.9 Å². The molecule has 0 atom stereocenters. The Morgan fingerprint density at radius 2 is 1.62 bits per heavy atom. The lowest BCUT2D eigenvalue weighted by molar-refractivity contribution is -0.116. The Bertz CT molecular complexity index is 1310. The summed E-state index contributed by atoms with van der Waals surface area (Å²) in [6.07, 6.45) is 0. The third kappa shape index (κ3) is 4.54. The number of carbonyl (C=O) groups is 2. The summed E-state index contributed by atoms with van der Waals surface area (Å²) in [4.78, 5) is 30.1. The maximum absolute atomic E-state index is 12.8. The van der Waals surface area contributed by atoms with Crippen molar-refractivity contribution in [2.75, 3.05) is 5.32 Å². The van der Waals surface area contributed by atoms with Gasteiger partial charge in [0.2, 0.25) is 5.91 Å². The summed E-state index contributed by atoms with van der Waals surface area (Å²) < 4.78 is 1.85. The predicted molar refractivity (Wildman–Crippen MR) is 127 cm³/mol. The minimum atomic E-state index is -0.165. The van der Waals surface area contributed by atoms with Crippen molar-refractivity contribution in [2.45, 2.75) is 33.9 Å². The molecule has 0 saturated carbocycles. The molecule has 0 unspecified atom stereocenters. The summed E-state index contributed by atoms with van der Waals surface area (Å²) in [5.74, 6) is 0.313. The second kappa shape index (κ2) is 9.06. The van der Waals surface area contributed by atoms with Gasteiger partial charge in [-0.25, -0.2) is 4.98 Å². The van der Waals surface area contributed by atoms with Crippen LogP contribution in [0.15, 0.2) is 66.7 Å². The number of anilines is 1. The largest absolute Gasteiger partial charge is 0.345 e. The lowest BCUT2D eigenvalue weighted by Gasteiger charge is -2.12. The van der Waals surface area contributed by atoms with Crippen LogP contribution in [0.1, 0.15) is 32.9 Å². The number of imidazole rings is 1. The number of amides is 2. The number of aryl methyl sites for hydroxylation is 3. The van der Waals surface area contributed by atoms with E-state index in [-0.39, 0.29) is 24.9 Å². The van der Waals surface area contributed by atoms with Gasteiger partial charge in [-0.05, 0) is 67.8 Å². The maximum atomic E-state index is 12.8. The summed E-state index contributed by atoms with van der Waals surface area (Å²) in [6.45, 7) is 6.28. The van der Waals surface area contributed by atoms with Gasteiger partial charge in [-0.1, -0.05) is 36.4 Å². The number of rotatable bonds is 6. The molecule has 3 aromatic carbocycles. The van der Waals surface area contributed by atoms with Gasteiger partial charge in [0.1, 0.15) is 12.4 Å². The molecule has 4 rings (SSSR count). The monoisotopic (exact) mass is 426 g/mol. The van der Waals surface area contributed by atoms with Gasteiger partial charge in [0.05, 0.1) is 17.6 Å². The zero-order valence-electron chi connectivity index (χ0n) is 18.5. The quantitative estimate of drug-likeness (QED) is 0.476. The molecule has 4 aromatic rings. The summed E-state index contributed by atoms with van der Waals surface area (Å²) in [7, 11) is 0. The number of hydrogen-bond acceptors (Lipinski definition) is 3. The van der Waals surface area contributed by atoms with E-state index in [1.165, 1.54) is 5.56 Å². The van der Waals surface area contributed by atoms with Crippen molar-refractivity contribution in [3.63, 3.8) is 0 Å². The molecule has 0 aliphatic rings. The maximum Gasteiger partial charge on any atom is 0.251 e. The van der Waals surface area contributed by atoms with Gasteiger partial charge in [0, 0.05) is 11.3 Å². The number of para-hydroxylation sites is 2. The Balaban J connectivity index is 1.54. The third-order valence-corrected chi connectivity index (χ3v) is 5.62. The van der Waals surface area contributed by atoms with Crippen LogP contribution in [0.4, 0.5) is 5.69 Å². The van der Waals surface area contributed by atoms with E-state index in [0.717, 1.165) is 27.8 Å². The number of nitrogens with zero attached hydrogens (tertiary/aromatic N) is 2. The van der Waals surface area contributed by atoms with Gasteiger partial charge >= 0.3 is 0 Å². The van der Waals surface area contributed by atoms with E-state index in [1.807, 2.05) is 86.0 Å². The number of carbonyl (C=O) groups excluding carboxylic acids is 2. The number of nitrogens with one attached hydrogen (secondary N) is 2. The summed E-state index contributed by atoms with van der Waals surface area (Å²) >= 11 is 0. The number of benzene rings is 3. The molecule has 6 heteroatoms. The van der Waals surface area contributed by atoms with Crippen molar-refractivity contribution in [2.24, 2.45) is 0 Å². The van der Waals surface area contributed by atoms with Crippen molar-refractivity contribution in [1.82, 2.24) is 14.9 Å². The highest BCUT2D eigenvalue weighted by atomic mass is 16.2. The zero-order valence-corrected chi connectivity index (χ0v) is 18.5. The molecule has 1 heterocycles. The van der Waals surface area contributed by atoms with Crippen molar-refractivity contribution >= 4 is 28.5 Å². The predicted octanol–water partition coefficient (Wildman–Crippen LogP) is 4.53. The van der Waals surface area contributed by atoms with E-state index >= 15 is 0 Å². The van der Waals surface area contributed by atoms with Gasteiger partial charge in [0.25, 0.3) is 5.91 Å². The molecule has 0 bridgehead atoms. The average molecular weight is 427 g/mol. The topological polar surface area (TPSA) is 76.0 Å². The molecule has 0 radical (unpaired) electrons. The lowest BCUT2D eigenvalue weighted by atomic mass is 10.1. The molecule has 0 aliphatic carbocycles. The van der Waals surface area contributed by atoms with Crippen LogP contribution < -0.4 is 10.6 Å². The second-order valence-corrected chi connectivity index (χ2v) is 7.95. The van der Waals surface area contributed by atoms with Gasteiger partial charge in [0.15, 0.2) is 0 Å². The molecule has 0 spiro atoms. The number of hydrogen-bond donors (Lipinski definition) is 2. The van der Waals surface area contributed by atoms with E-state index in [1.54, 1.807) is 6.07 Å². The average Bonchev–Trinajstić information content (AvgIpc) is 3.12. The number of fused-ring (bicyclic) bond motifs is 1. The molecule has 0 saturated heterocycles. The van der Waals surface area contributed by atoms with Crippen LogP contribution in [0.2, 0.25) is 0 Å². The van der Waals surface area contributed by atoms with Crippen molar-refractivity contribution in [1.29, 1.82) is 0 Å². The highest BCUT2D eigenvalue weighted by molar-refractivity contribution is 5.95. The first kappa shape index (κ1) is 21.3. The Kier molecular flexibility index (Phi) is 6.03. The first-order valence-electron chi connectivity index (χ1n) is 10.6. The van der Waals surface area contributed by atoms with Crippen LogP contribution in [0.25, 0.3) is 11.0 Å². The zero-order chi connectivity index (χ0) is 22.7. The second-order valence-electron chi connectivity index (χ2n) is 7.95. The fourth-order valence-corrected chi connectivity index (χ4v) is 3.68. The van der Waals surface area contributed by atoms with E-state index in [9.17, 15) is 9.59 Å². The highest BCUT2D eigenvalue weighted by Crippen LogP contribution is 2.18. The van der Waals surface area contributed by atoms with Crippen LogP contribution in [0.3, 0.4) is 0 Å². The van der Waals surface area contributed by atoms with E-state index in [0.29, 0.717) is 11.4 Å². The Morgan fingerprint density at radius 1 is 0.875 bits per heavy atom. The van der Waals surface area contributed by atoms with Crippen molar-refractivity contribution in [3.05, 3.63) is 94.8 Å². The van der Waals surface area contributed by atoms with Crippen LogP contribution in [0, 0.1) is 20.8 Å². The molecule has 1 aromatic heterocycles. The Labute approximate surface area is 187 Å². The molecular formula is C26H26N4O2. The summed E-state index contributed by atoms with van der Waals surface area (Å²) in [6, 6.07) is 20.9. The standard InChI is InChI=1S/C26H26N4O2/c1-17-12-13-20(14-19(17)3)28-25(31)16-30-23-11-7-6-10-22(23)29-24(30)15-27-26(32)21-9-5-4-8-18(21)2/h4-14H,15-16H2,1-3H3,(H,27,32)(H,28,31). The van der Waals surface area contributed by atoms with E-state index < -0.39 is 0 Å². The van der Waals surface area contributed by atoms with E-state index in [4.69, 9.17) is 0 Å². The fourth-order valence-electron chi connectivity index (χ4n) is 3.68. The Hall–Kier alpha value is -3.93. The van der Waals surface area contributed by atoms with Crippen molar-refractivity contribution in [3.8, 4) is 0 Å². The Morgan fingerprint density at radius 3 is 2.41 bits per heavy atom. The van der Waals surface area contributed by atoms with Gasteiger partial charge < -0.3 is 15.2 Å². The lowest BCUT2D eigenvalue weighted by Crippen LogP contribution is -2.27. The van der Waals surface area contributed by atoms with Gasteiger partial charge in [-0.15, -0.1) is 0 Å². The van der Waals surface area contributed by atoms with Crippen LogP contribution in [-0.4, -0.2) is 21.4 Å². The minimum absolute atomic E-state index is 0.100. The van der Waals surface area contributed by atoms with Crippen LogP contribution >= 0.6 is 0 Å². The molecule has 6 nitrogen and oxygen atoms in total. The first-order chi connectivity index (χ1) is 15.4. The molecule has 32 heavy (non-hydrogen) atoms. The summed E-state index contributed by atoms with van der Waals surface area (Å²) in [5.41, 5.74) is 6.23. The molecule has 2 amide bonds. The smallest absolute Gasteiger partial charge is 0.251 e. The molecule has 0 fully saturated rings. The molecule has 162 valence electrons. The van der Waals surface area contributed by atoms with Gasteiger partial charge in [-0.3, -0.25) is 9.59 Å². The highest BCUT2D eigenvalue weighted by Gasteiger charge is 2.16. The van der Waals surface area contributed by atoms with Crippen LogP contribution in [0.5, 0.6) is 0 Å². The third-order valence-electron chi connectivity index (χ3n) is 5.62. The van der Waals surface area contributed by atoms with E-state index in [2.05, 4.69) is 15.6 Å².